The minimum absolute atomic E-state index is 0.123. The highest BCUT2D eigenvalue weighted by atomic mass is 16.6. The first-order chi connectivity index (χ1) is 7.13. The molecule has 2 spiro atoms. The van der Waals surface area contributed by atoms with Gasteiger partial charge in [-0.05, 0) is 25.3 Å². The van der Waals surface area contributed by atoms with E-state index < -0.39 is 0 Å². The second kappa shape index (κ2) is 2.66. The highest BCUT2D eigenvalue weighted by Crippen LogP contribution is 2.74. The van der Waals surface area contributed by atoms with Crippen molar-refractivity contribution in [2.24, 2.45) is 11.3 Å². The van der Waals surface area contributed by atoms with Crippen LogP contribution in [0.5, 0.6) is 0 Å². The average Bonchev–Trinajstić information content (AvgIpc) is 2.55. The Morgan fingerprint density at radius 2 is 2.00 bits per heavy atom. The van der Waals surface area contributed by atoms with E-state index in [9.17, 15) is 4.79 Å². The summed E-state index contributed by atoms with van der Waals surface area (Å²) in [6, 6.07) is 0. The van der Waals surface area contributed by atoms with Crippen molar-refractivity contribution in [3.8, 4) is 0 Å². The Hall–Kier alpha value is -0.790. The van der Waals surface area contributed by atoms with E-state index in [1.54, 1.807) is 6.08 Å². The van der Waals surface area contributed by atoms with Gasteiger partial charge in [-0.3, -0.25) is 0 Å². The lowest BCUT2D eigenvalue weighted by Crippen LogP contribution is -2.25. The van der Waals surface area contributed by atoms with Crippen LogP contribution in [0.1, 0.15) is 46.0 Å². The molecule has 1 aliphatic heterocycles. The Balaban J connectivity index is 1.96. The molecule has 0 unspecified atom stereocenters. The molecule has 15 heavy (non-hydrogen) atoms. The van der Waals surface area contributed by atoms with Crippen molar-refractivity contribution < 1.29 is 9.53 Å². The maximum atomic E-state index is 11.4. The first-order valence-corrected chi connectivity index (χ1v) is 6.05. The number of esters is 1. The predicted octanol–water partition coefficient (Wildman–Crippen LogP) is 2.83. The number of fused-ring (bicyclic) bond motifs is 1. The van der Waals surface area contributed by atoms with Gasteiger partial charge in [-0.1, -0.05) is 26.2 Å². The molecule has 82 valence electrons. The van der Waals surface area contributed by atoms with E-state index in [1.165, 1.54) is 37.7 Å². The van der Waals surface area contributed by atoms with E-state index in [0.717, 1.165) is 0 Å². The Morgan fingerprint density at radius 1 is 1.33 bits per heavy atom. The normalized spacial score (nSPS) is 41.9. The summed E-state index contributed by atoms with van der Waals surface area (Å²) < 4.78 is 5.65. The van der Waals surface area contributed by atoms with Gasteiger partial charge in [-0.2, -0.15) is 0 Å². The quantitative estimate of drug-likeness (QED) is 0.570. The van der Waals surface area contributed by atoms with E-state index in [1.807, 2.05) is 0 Å². The molecule has 0 saturated heterocycles. The molecule has 2 atom stereocenters. The lowest BCUT2D eigenvalue weighted by Gasteiger charge is -2.26. The van der Waals surface area contributed by atoms with Crippen LogP contribution in [-0.4, -0.2) is 11.6 Å². The maximum absolute atomic E-state index is 11.4. The molecule has 0 aromatic rings. The molecule has 2 saturated carbocycles. The number of rotatable bonds is 0. The van der Waals surface area contributed by atoms with Crippen LogP contribution in [0, 0.1) is 11.3 Å². The lowest BCUT2D eigenvalue weighted by molar-refractivity contribution is -0.142. The van der Waals surface area contributed by atoms with Crippen molar-refractivity contribution in [3.63, 3.8) is 0 Å². The minimum atomic E-state index is -0.190. The van der Waals surface area contributed by atoms with E-state index in [4.69, 9.17) is 4.74 Å². The van der Waals surface area contributed by atoms with Crippen molar-refractivity contribution >= 4 is 5.97 Å². The van der Waals surface area contributed by atoms with Crippen LogP contribution in [0.3, 0.4) is 0 Å². The smallest absolute Gasteiger partial charge is 0.331 e. The summed E-state index contributed by atoms with van der Waals surface area (Å²) in [5.41, 5.74) is 1.28. The monoisotopic (exact) mass is 206 g/mol. The van der Waals surface area contributed by atoms with Crippen LogP contribution >= 0.6 is 0 Å². The molecule has 0 radical (unpaired) electrons. The molecule has 0 amide bonds. The first-order valence-electron chi connectivity index (χ1n) is 6.05. The minimum Gasteiger partial charge on any atom is -0.450 e. The lowest BCUT2D eigenvalue weighted by atomic mass is 9.81. The molecule has 0 aromatic carbocycles. The summed E-state index contributed by atoms with van der Waals surface area (Å²) in [6.07, 6.45) is 8.13. The fourth-order valence-corrected chi connectivity index (χ4v) is 4.24. The highest BCUT2D eigenvalue weighted by Gasteiger charge is 2.78. The number of ether oxygens (including phenoxy) is 1. The van der Waals surface area contributed by atoms with E-state index in [-0.39, 0.29) is 11.6 Å². The van der Waals surface area contributed by atoms with Crippen molar-refractivity contribution in [1.82, 2.24) is 0 Å². The van der Waals surface area contributed by atoms with Gasteiger partial charge in [0.25, 0.3) is 0 Å². The van der Waals surface area contributed by atoms with Gasteiger partial charge in [-0.25, -0.2) is 4.79 Å². The Bertz CT molecular complexity index is 350. The summed E-state index contributed by atoms with van der Waals surface area (Å²) in [5, 5.41) is 0. The van der Waals surface area contributed by atoms with Gasteiger partial charge in [0.15, 0.2) is 0 Å². The zero-order valence-electron chi connectivity index (χ0n) is 9.51. The van der Waals surface area contributed by atoms with Gasteiger partial charge >= 0.3 is 5.97 Å². The molecule has 2 fully saturated rings. The number of carbonyl (C=O) groups is 1. The molecule has 0 N–H and O–H groups in total. The summed E-state index contributed by atoms with van der Waals surface area (Å²) >= 11 is 0. The third-order valence-corrected chi connectivity index (χ3v) is 5.02. The zero-order chi connectivity index (χ0) is 10.7. The first kappa shape index (κ1) is 9.44. The van der Waals surface area contributed by atoms with E-state index in [2.05, 4.69) is 13.8 Å². The van der Waals surface area contributed by atoms with Crippen LogP contribution < -0.4 is 0 Å². The second-order valence-electron chi connectivity index (χ2n) is 5.42. The van der Waals surface area contributed by atoms with Crippen LogP contribution in [0.15, 0.2) is 11.6 Å². The molecule has 3 rings (SSSR count). The molecule has 3 aliphatic rings. The topological polar surface area (TPSA) is 26.3 Å². The largest absolute Gasteiger partial charge is 0.450 e. The third kappa shape index (κ3) is 0.889. The van der Waals surface area contributed by atoms with Crippen molar-refractivity contribution in [3.05, 3.63) is 11.6 Å². The molecular weight excluding hydrogens is 188 g/mol. The summed E-state index contributed by atoms with van der Waals surface area (Å²) in [6.45, 7) is 4.31. The zero-order valence-corrected chi connectivity index (χ0v) is 9.51. The Kier molecular flexibility index (Phi) is 1.67. The third-order valence-electron chi connectivity index (χ3n) is 5.02. The second-order valence-corrected chi connectivity index (χ2v) is 5.42. The number of carbonyl (C=O) groups excluding carboxylic acids is 1. The molecule has 2 heteroatoms. The highest BCUT2D eigenvalue weighted by molar-refractivity contribution is 5.88. The Labute approximate surface area is 90.7 Å². The van der Waals surface area contributed by atoms with Crippen LogP contribution in [0.4, 0.5) is 0 Å². The summed E-state index contributed by atoms with van der Waals surface area (Å²) in [4.78, 5) is 11.4. The van der Waals surface area contributed by atoms with Crippen LogP contribution in [0.25, 0.3) is 0 Å². The van der Waals surface area contributed by atoms with Crippen LogP contribution in [0.2, 0.25) is 0 Å². The van der Waals surface area contributed by atoms with Gasteiger partial charge in [0.2, 0.25) is 0 Å². The number of hydrogen-bond donors (Lipinski definition) is 0. The predicted molar refractivity (Wildman–Crippen MR) is 57.3 cm³/mol. The molecule has 0 aromatic heterocycles. The molecule has 2 nitrogen and oxygen atoms in total. The van der Waals surface area contributed by atoms with Gasteiger partial charge < -0.3 is 4.74 Å². The fourth-order valence-electron chi connectivity index (χ4n) is 4.24. The van der Waals surface area contributed by atoms with Crippen molar-refractivity contribution in [2.45, 2.75) is 51.6 Å². The van der Waals surface area contributed by atoms with Gasteiger partial charge in [-0.15, -0.1) is 0 Å². The number of hydrogen-bond acceptors (Lipinski definition) is 2. The summed E-state index contributed by atoms with van der Waals surface area (Å²) in [5.74, 6) is 0.412. The fraction of sp³-hybridized carbons (Fsp3) is 0.769. The molecule has 2 aliphatic carbocycles. The van der Waals surface area contributed by atoms with E-state index >= 15 is 0 Å². The standard InChI is InChI=1S/C13H18O2/c1-9-8-11(14)15-13(9)10(2)12(13)6-4-3-5-7-12/h8,10H,3-7H2,1-2H3/t10-,13+/m1/s1. The van der Waals surface area contributed by atoms with Gasteiger partial charge in [0, 0.05) is 17.4 Å². The van der Waals surface area contributed by atoms with Crippen LogP contribution in [-0.2, 0) is 9.53 Å². The van der Waals surface area contributed by atoms with Crippen molar-refractivity contribution in [2.75, 3.05) is 0 Å². The molecule has 1 heterocycles. The molecule has 0 bridgehead atoms. The molecular formula is C13H18O2. The summed E-state index contributed by atoms with van der Waals surface area (Å²) in [7, 11) is 0. The van der Waals surface area contributed by atoms with Gasteiger partial charge in [0.1, 0.15) is 5.60 Å². The van der Waals surface area contributed by atoms with Gasteiger partial charge in [0.05, 0.1) is 0 Å². The maximum Gasteiger partial charge on any atom is 0.331 e. The average molecular weight is 206 g/mol. The van der Waals surface area contributed by atoms with E-state index in [0.29, 0.717) is 11.3 Å². The Morgan fingerprint density at radius 3 is 2.53 bits per heavy atom. The SMILES string of the molecule is CC1=CC(=O)O[C@]12[C@H](C)C21CCCCC1. The van der Waals surface area contributed by atoms with Crippen molar-refractivity contribution in [1.29, 1.82) is 0 Å².